The summed E-state index contributed by atoms with van der Waals surface area (Å²) < 4.78 is 13.1. The van der Waals surface area contributed by atoms with Gasteiger partial charge in [0, 0.05) is 11.6 Å². The number of nitrogens with zero attached hydrogens (tertiary/aromatic N) is 4. The molecule has 3 heterocycles. The molecule has 36 heavy (non-hydrogen) atoms. The van der Waals surface area contributed by atoms with Crippen LogP contribution in [0.5, 0.6) is 5.75 Å². The molecule has 0 atom stereocenters. The van der Waals surface area contributed by atoms with Crippen LogP contribution in [-0.4, -0.2) is 47.0 Å². The van der Waals surface area contributed by atoms with E-state index in [0.717, 1.165) is 31.5 Å². The normalized spacial score (nSPS) is 14.3. The second kappa shape index (κ2) is 10.5. The zero-order valence-corrected chi connectivity index (χ0v) is 21.6. The van der Waals surface area contributed by atoms with Gasteiger partial charge in [0.25, 0.3) is 0 Å². The Hall–Kier alpha value is -3.77. The van der Waals surface area contributed by atoms with Gasteiger partial charge in [-0.25, -0.2) is 14.2 Å². The molecular formula is C27H34N6O3. The first-order chi connectivity index (χ1) is 17.2. The number of hydrogen-bond acceptors (Lipinski definition) is 7. The number of nitriles is 1. The van der Waals surface area contributed by atoms with E-state index in [1.807, 2.05) is 58.9 Å². The number of benzene rings is 1. The van der Waals surface area contributed by atoms with Crippen molar-refractivity contribution < 1.29 is 14.3 Å². The maximum Gasteiger partial charge on any atom is 0.420 e. The minimum atomic E-state index is -0.708. The van der Waals surface area contributed by atoms with E-state index in [1.54, 1.807) is 16.8 Å². The van der Waals surface area contributed by atoms with E-state index in [1.165, 1.54) is 4.90 Å². The monoisotopic (exact) mass is 490 g/mol. The average molecular weight is 491 g/mol. The van der Waals surface area contributed by atoms with Gasteiger partial charge >= 0.3 is 6.09 Å². The van der Waals surface area contributed by atoms with Crippen LogP contribution >= 0.6 is 0 Å². The van der Waals surface area contributed by atoms with Crippen molar-refractivity contribution in [2.24, 2.45) is 0 Å². The number of pyridine rings is 1. The van der Waals surface area contributed by atoms with Gasteiger partial charge in [-0.15, -0.1) is 0 Å². The van der Waals surface area contributed by atoms with E-state index < -0.39 is 11.7 Å². The number of anilines is 3. The summed E-state index contributed by atoms with van der Waals surface area (Å²) in [6.07, 6.45) is 2.99. The molecule has 0 saturated carbocycles. The summed E-state index contributed by atoms with van der Waals surface area (Å²) >= 11 is 0. The number of piperidine rings is 1. The molecule has 0 unspecified atom stereocenters. The molecule has 1 aliphatic heterocycles. The third-order valence-corrected chi connectivity index (χ3v) is 6.05. The van der Waals surface area contributed by atoms with Crippen molar-refractivity contribution in [2.45, 2.75) is 59.1 Å². The first kappa shape index (κ1) is 25.3. The van der Waals surface area contributed by atoms with E-state index in [2.05, 4.69) is 21.8 Å². The number of aromatic nitrogens is 2. The smallest absolute Gasteiger partial charge is 0.420 e. The predicted octanol–water partition coefficient (Wildman–Crippen LogP) is 5.15. The Bertz CT molecular complexity index is 1260. The second-order valence-corrected chi connectivity index (χ2v) is 9.85. The summed E-state index contributed by atoms with van der Waals surface area (Å²) in [5.41, 5.74) is 2.47. The lowest BCUT2D eigenvalue weighted by Crippen LogP contribution is -2.37. The number of amides is 1. The van der Waals surface area contributed by atoms with Crippen LogP contribution in [0.1, 0.15) is 51.7 Å². The van der Waals surface area contributed by atoms with Crippen molar-refractivity contribution in [3.63, 3.8) is 0 Å². The summed E-state index contributed by atoms with van der Waals surface area (Å²) in [6.45, 7) is 11.7. The van der Waals surface area contributed by atoms with Crippen LogP contribution in [0.4, 0.5) is 22.0 Å². The van der Waals surface area contributed by atoms with Crippen LogP contribution in [0.3, 0.4) is 0 Å². The topological polar surface area (TPSA) is 104 Å². The fraction of sp³-hybridized carbons (Fsp3) is 0.444. The molecule has 190 valence electrons. The van der Waals surface area contributed by atoms with Gasteiger partial charge in [0.15, 0.2) is 0 Å². The average Bonchev–Trinajstić information content (AvgIpc) is 3.31. The number of rotatable bonds is 6. The summed E-state index contributed by atoms with van der Waals surface area (Å²) in [6, 6.07) is 11.7. The molecule has 2 aromatic heterocycles. The summed E-state index contributed by atoms with van der Waals surface area (Å²) in [5, 5.41) is 21.6. The largest absolute Gasteiger partial charge is 0.494 e. The predicted molar refractivity (Wildman–Crippen MR) is 140 cm³/mol. The fourth-order valence-electron chi connectivity index (χ4n) is 4.45. The zero-order chi connectivity index (χ0) is 25.9. The highest BCUT2D eigenvalue weighted by atomic mass is 16.6. The van der Waals surface area contributed by atoms with Gasteiger partial charge < -0.3 is 20.1 Å². The Morgan fingerprint density at radius 3 is 2.56 bits per heavy atom. The van der Waals surface area contributed by atoms with Gasteiger partial charge in [0.05, 0.1) is 29.7 Å². The van der Waals surface area contributed by atoms with Gasteiger partial charge in [0.2, 0.25) is 0 Å². The van der Waals surface area contributed by atoms with E-state index in [9.17, 15) is 10.1 Å². The third-order valence-electron chi connectivity index (χ3n) is 6.05. The van der Waals surface area contributed by atoms with E-state index >= 15 is 0 Å². The quantitative estimate of drug-likeness (QED) is 0.492. The molecule has 3 aromatic rings. The Balaban J connectivity index is 1.91. The minimum absolute atomic E-state index is 0.218. The minimum Gasteiger partial charge on any atom is -0.494 e. The summed E-state index contributed by atoms with van der Waals surface area (Å²) in [5.74, 6) is 1.23. The Morgan fingerprint density at radius 2 is 1.94 bits per heavy atom. The molecule has 0 spiro atoms. The highest BCUT2D eigenvalue weighted by Crippen LogP contribution is 2.38. The molecule has 0 radical (unpaired) electrons. The number of hydrogen-bond donors (Lipinski definition) is 2. The number of carbonyl (C=O) groups excluding carboxylic acids is 1. The third kappa shape index (κ3) is 5.24. The highest BCUT2D eigenvalue weighted by molar-refractivity contribution is 5.98. The van der Waals surface area contributed by atoms with Crippen molar-refractivity contribution in [2.75, 3.05) is 29.9 Å². The summed E-state index contributed by atoms with van der Waals surface area (Å²) in [4.78, 5) is 15.2. The van der Waals surface area contributed by atoms with E-state index in [0.29, 0.717) is 40.6 Å². The van der Waals surface area contributed by atoms with E-state index in [-0.39, 0.29) is 6.04 Å². The lowest BCUT2D eigenvalue weighted by molar-refractivity contribution is 0.0597. The molecule has 9 nitrogen and oxygen atoms in total. The molecule has 1 aromatic carbocycles. The van der Waals surface area contributed by atoms with E-state index in [4.69, 9.17) is 9.47 Å². The second-order valence-electron chi connectivity index (χ2n) is 9.85. The van der Waals surface area contributed by atoms with Gasteiger partial charge in [0.1, 0.15) is 28.8 Å². The van der Waals surface area contributed by atoms with Crippen molar-refractivity contribution in [1.29, 1.82) is 5.26 Å². The Labute approximate surface area is 212 Å². The first-order valence-corrected chi connectivity index (χ1v) is 12.4. The van der Waals surface area contributed by atoms with Crippen molar-refractivity contribution in [1.82, 2.24) is 14.9 Å². The molecule has 1 aliphatic rings. The van der Waals surface area contributed by atoms with Crippen LogP contribution in [0, 0.1) is 18.3 Å². The molecule has 1 saturated heterocycles. The first-order valence-electron chi connectivity index (χ1n) is 12.4. The molecule has 2 N–H and O–H groups in total. The molecule has 0 bridgehead atoms. The molecular weight excluding hydrogens is 456 g/mol. The molecule has 1 amide bonds. The van der Waals surface area contributed by atoms with Gasteiger partial charge in [-0.3, -0.25) is 0 Å². The lowest BCUT2D eigenvalue weighted by atomic mass is 10.0. The molecule has 1 fully saturated rings. The summed E-state index contributed by atoms with van der Waals surface area (Å²) in [7, 11) is 0. The van der Waals surface area contributed by atoms with Crippen LogP contribution < -0.4 is 20.3 Å². The SMILES string of the molecule is CCOc1ccc(N(C(=O)OC(C)(C)C)c2c(C)c(NC3CCNCC3)c(C#N)c3ccnn23)cc1. The van der Waals surface area contributed by atoms with Crippen LogP contribution in [0.2, 0.25) is 0 Å². The van der Waals surface area contributed by atoms with Gasteiger partial charge in [-0.1, -0.05) is 0 Å². The highest BCUT2D eigenvalue weighted by Gasteiger charge is 2.31. The molecule has 9 heteroatoms. The fourth-order valence-corrected chi connectivity index (χ4v) is 4.45. The molecule has 4 rings (SSSR count). The number of fused-ring (bicyclic) bond motifs is 1. The lowest BCUT2D eigenvalue weighted by Gasteiger charge is -2.31. The van der Waals surface area contributed by atoms with Crippen LogP contribution in [0.25, 0.3) is 5.52 Å². The maximum atomic E-state index is 13.7. The number of ether oxygens (including phenoxy) is 2. The van der Waals surface area contributed by atoms with Crippen molar-refractivity contribution in [3.8, 4) is 11.8 Å². The number of carbonyl (C=O) groups is 1. The van der Waals surface area contributed by atoms with Crippen molar-refractivity contribution >= 4 is 28.8 Å². The maximum absolute atomic E-state index is 13.7. The van der Waals surface area contributed by atoms with Gasteiger partial charge in [-0.2, -0.15) is 10.4 Å². The van der Waals surface area contributed by atoms with Gasteiger partial charge in [-0.05, 0) is 90.9 Å². The number of nitrogens with one attached hydrogen (secondary N) is 2. The van der Waals surface area contributed by atoms with Crippen molar-refractivity contribution in [3.05, 3.63) is 47.7 Å². The Morgan fingerprint density at radius 1 is 1.25 bits per heavy atom. The Kier molecular flexibility index (Phi) is 7.36. The van der Waals surface area contributed by atoms with Crippen LogP contribution in [0.15, 0.2) is 36.5 Å². The molecule has 0 aliphatic carbocycles. The zero-order valence-electron chi connectivity index (χ0n) is 21.6. The van der Waals surface area contributed by atoms with Crippen LogP contribution in [-0.2, 0) is 4.74 Å². The standard InChI is InChI=1S/C27H34N6O3/c1-6-35-21-9-7-20(8-10-21)32(26(34)36-27(3,4)5)25-18(2)24(31-19-11-14-29-15-12-19)22(17-28)23-13-16-30-33(23)25/h7-10,13,16,19,29,31H,6,11-12,14-15H2,1-5H3.